The molecule has 0 heterocycles. The van der Waals surface area contributed by atoms with Gasteiger partial charge in [0.1, 0.15) is 12.3 Å². The molecule has 0 bridgehead atoms. The molecular formula is C16H13ClF3N2O3S-. The molecule has 26 heavy (non-hydrogen) atoms. The number of benzene rings is 2. The maximum Gasteiger partial charge on any atom is 0.483 e. The molecule has 5 nitrogen and oxygen atoms in total. The number of sulfonamides is 1. The van der Waals surface area contributed by atoms with Gasteiger partial charge in [-0.15, -0.1) is 5.69 Å². The third kappa shape index (κ3) is 4.67. The molecule has 2 aromatic rings. The molecule has 0 aliphatic rings. The second-order valence-corrected chi connectivity index (χ2v) is 6.93. The zero-order valence-electron chi connectivity index (χ0n) is 13.4. The number of nitrogens with zero attached hydrogens (tertiary/aromatic N) is 2. The van der Waals surface area contributed by atoms with E-state index in [0.717, 1.165) is 6.07 Å². The van der Waals surface area contributed by atoms with Crippen LogP contribution >= 0.6 is 11.6 Å². The Morgan fingerprint density at radius 1 is 1.19 bits per heavy atom. The standard InChI is InChI=1S/C16H13ClF3N2O3S/c1-2-25-21-15(11-6-4-3-5-7-11)13-10-12(17)8-9-14(13)22-26(23,24)16(18,19)20/h3-10H,2H2,1H3/q-1. The summed E-state index contributed by atoms with van der Waals surface area (Å²) in [5.74, 6) is 0. The largest absolute Gasteiger partial charge is 0.569 e. The zero-order chi connectivity index (χ0) is 19.4. The number of halogens is 4. The third-order valence-corrected chi connectivity index (χ3v) is 4.31. The van der Waals surface area contributed by atoms with Gasteiger partial charge in [-0.3, -0.25) is 0 Å². The minimum absolute atomic E-state index is 0.00928. The highest BCUT2D eigenvalue weighted by Gasteiger charge is 2.39. The van der Waals surface area contributed by atoms with E-state index in [9.17, 15) is 21.6 Å². The van der Waals surface area contributed by atoms with Gasteiger partial charge < -0.3 is 9.56 Å². The van der Waals surface area contributed by atoms with E-state index in [0.29, 0.717) is 5.56 Å². The van der Waals surface area contributed by atoms with E-state index >= 15 is 0 Å². The van der Waals surface area contributed by atoms with Crippen molar-refractivity contribution in [3.8, 4) is 0 Å². The molecule has 0 saturated carbocycles. The Bertz CT molecular complexity index is 901. The monoisotopic (exact) mass is 405 g/mol. The lowest BCUT2D eigenvalue weighted by molar-refractivity contribution is -0.0425. The van der Waals surface area contributed by atoms with E-state index in [4.69, 9.17) is 16.4 Å². The predicted molar refractivity (Wildman–Crippen MR) is 93.2 cm³/mol. The van der Waals surface area contributed by atoms with Gasteiger partial charge in [-0.25, -0.2) is 8.42 Å². The Morgan fingerprint density at radius 3 is 2.42 bits per heavy atom. The second-order valence-electron chi connectivity index (χ2n) is 4.90. The fraction of sp³-hybridized carbons (Fsp3) is 0.188. The average Bonchev–Trinajstić information content (AvgIpc) is 2.57. The van der Waals surface area contributed by atoms with Gasteiger partial charge in [-0.2, -0.15) is 13.2 Å². The fourth-order valence-corrected chi connectivity index (χ4v) is 2.64. The molecular weight excluding hydrogens is 393 g/mol. The van der Waals surface area contributed by atoms with Crippen LogP contribution in [0.25, 0.3) is 4.72 Å². The Labute approximate surface area is 153 Å². The SMILES string of the molecule is CCON=C(c1ccccc1)c1cc(Cl)ccc1[N-]S(=O)(=O)C(F)(F)F. The normalized spacial score (nSPS) is 12.7. The summed E-state index contributed by atoms with van der Waals surface area (Å²) in [6.45, 7) is 1.87. The topological polar surface area (TPSA) is 69.8 Å². The fourth-order valence-electron chi connectivity index (χ4n) is 1.94. The third-order valence-electron chi connectivity index (χ3n) is 3.06. The summed E-state index contributed by atoms with van der Waals surface area (Å²) in [6, 6.07) is 12.0. The van der Waals surface area contributed by atoms with Crippen LogP contribution in [-0.4, -0.2) is 26.2 Å². The van der Waals surface area contributed by atoms with E-state index in [1.807, 2.05) is 0 Å². The van der Waals surface area contributed by atoms with Gasteiger partial charge in [-0.1, -0.05) is 53.2 Å². The highest BCUT2D eigenvalue weighted by Crippen LogP contribution is 2.37. The van der Waals surface area contributed by atoms with Gasteiger partial charge in [0.05, 0.1) is 0 Å². The highest BCUT2D eigenvalue weighted by molar-refractivity contribution is 7.95. The summed E-state index contributed by atoms with van der Waals surface area (Å²) in [5.41, 5.74) is -5.39. The molecule has 0 aliphatic heterocycles. The van der Waals surface area contributed by atoms with Crippen molar-refractivity contribution in [2.45, 2.75) is 12.4 Å². The van der Waals surface area contributed by atoms with Crippen molar-refractivity contribution in [3.05, 3.63) is 69.4 Å². The van der Waals surface area contributed by atoms with E-state index in [2.05, 4.69) is 9.88 Å². The van der Waals surface area contributed by atoms with Crippen molar-refractivity contribution in [3.63, 3.8) is 0 Å². The smallest absolute Gasteiger partial charge is 0.483 e. The summed E-state index contributed by atoms with van der Waals surface area (Å²) in [5, 5.41) is 4.07. The molecule has 0 amide bonds. The molecule has 0 N–H and O–H groups in total. The molecule has 0 unspecified atom stereocenters. The molecule has 0 aliphatic carbocycles. The summed E-state index contributed by atoms with van der Waals surface area (Å²) < 4.78 is 63.9. The quantitative estimate of drug-likeness (QED) is 0.502. The number of hydrogen-bond acceptors (Lipinski definition) is 4. The van der Waals surface area contributed by atoms with Crippen LogP contribution in [-0.2, 0) is 14.9 Å². The predicted octanol–water partition coefficient (Wildman–Crippen LogP) is 4.98. The average molecular weight is 406 g/mol. The Hall–Kier alpha value is -2.26. The van der Waals surface area contributed by atoms with E-state index in [1.54, 1.807) is 37.3 Å². The van der Waals surface area contributed by atoms with Crippen LogP contribution in [0, 0.1) is 0 Å². The van der Waals surface area contributed by atoms with Crippen LogP contribution in [0.4, 0.5) is 18.9 Å². The molecule has 0 aromatic heterocycles. The van der Waals surface area contributed by atoms with Crippen molar-refractivity contribution in [1.82, 2.24) is 0 Å². The van der Waals surface area contributed by atoms with Crippen LogP contribution in [0.3, 0.4) is 0 Å². The molecule has 2 aromatic carbocycles. The van der Waals surface area contributed by atoms with Crippen molar-refractivity contribution in [2.24, 2.45) is 5.16 Å². The molecule has 10 heteroatoms. The summed E-state index contributed by atoms with van der Waals surface area (Å²) >= 11 is 5.93. The summed E-state index contributed by atoms with van der Waals surface area (Å²) in [4.78, 5) is 5.03. The van der Waals surface area contributed by atoms with Crippen LogP contribution in [0.1, 0.15) is 18.1 Å². The number of rotatable bonds is 6. The van der Waals surface area contributed by atoms with Gasteiger partial charge in [0.25, 0.3) is 0 Å². The minimum Gasteiger partial charge on any atom is -0.569 e. The van der Waals surface area contributed by atoms with E-state index < -0.39 is 21.2 Å². The highest BCUT2D eigenvalue weighted by atomic mass is 35.5. The second kappa shape index (κ2) is 7.96. The zero-order valence-corrected chi connectivity index (χ0v) is 14.9. The van der Waals surface area contributed by atoms with Crippen molar-refractivity contribution >= 4 is 33.0 Å². The molecule has 0 spiro atoms. The maximum atomic E-state index is 12.7. The molecule has 0 radical (unpaired) electrons. The van der Waals surface area contributed by atoms with Crippen molar-refractivity contribution < 1.29 is 26.4 Å². The molecule has 0 atom stereocenters. The van der Waals surface area contributed by atoms with Gasteiger partial charge >= 0.3 is 5.51 Å². The first-order chi connectivity index (χ1) is 12.2. The maximum absolute atomic E-state index is 12.7. The summed E-state index contributed by atoms with van der Waals surface area (Å²) in [7, 11) is -5.74. The lowest BCUT2D eigenvalue weighted by Gasteiger charge is -2.26. The molecule has 140 valence electrons. The van der Waals surface area contributed by atoms with Crippen molar-refractivity contribution in [2.75, 3.05) is 6.61 Å². The van der Waals surface area contributed by atoms with Crippen LogP contribution in [0.5, 0.6) is 0 Å². The lowest BCUT2D eigenvalue weighted by Crippen LogP contribution is -2.21. The van der Waals surface area contributed by atoms with Crippen molar-refractivity contribution in [1.29, 1.82) is 0 Å². The molecule has 0 fully saturated rings. The van der Waals surface area contributed by atoms with E-state index in [1.165, 1.54) is 12.1 Å². The van der Waals surface area contributed by atoms with Gasteiger partial charge in [0.15, 0.2) is 10.0 Å². The Kier molecular flexibility index (Phi) is 6.14. The summed E-state index contributed by atoms with van der Waals surface area (Å²) in [6.07, 6.45) is 0. The van der Waals surface area contributed by atoms with E-state index in [-0.39, 0.29) is 22.9 Å². The van der Waals surface area contributed by atoms with Gasteiger partial charge in [-0.05, 0) is 24.6 Å². The Morgan fingerprint density at radius 2 is 1.85 bits per heavy atom. The minimum atomic E-state index is -5.74. The molecule has 2 rings (SSSR count). The number of alkyl halides is 3. The number of oxime groups is 1. The van der Waals surface area contributed by atoms with Crippen LogP contribution in [0.2, 0.25) is 5.02 Å². The van der Waals surface area contributed by atoms with Gasteiger partial charge in [0, 0.05) is 10.6 Å². The lowest BCUT2D eigenvalue weighted by atomic mass is 10.0. The first-order valence-corrected chi connectivity index (χ1v) is 9.07. The first kappa shape index (κ1) is 20.1. The number of hydrogen-bond donors (Lipinski definition) is 0. The van der Waals surface area contributed by atoms with Crippen LogP contribution < -0.4 is 0 Å². The van der Waals surface area contributed by atoms with Gasteiger partial charge in [0.2, 0.25) is 0 Å². The molecule has 0 saturated heterocycles. The van der Waals surface area contributed by atoms with Crippen LogP contribution in [0.15, 0.2) is 53.7 Å². The Balaban J connectivity index is 2.61. The first-order valence-electron chi connectivity index (χ1n) is 7.25.